The predicted octanol–water partition coefficient (Wildman–Crippen LogP) is 1.24. The molecule has 5 heteroatoms. The van der Waals surface area contributed by atoms with E-state index in [-0.39, 0.29) is 24.3 Å². The van der Waals surface area contributed by atoms with Crippen LogP contribution < -0.4 is 5.73 Å². The molecule has 2 rings (SSSR count). The number of carbonyl (C=O) groups excluding carboxylic acids is 1. The van der Waals surface area contributed by atoms with E-state index >= 15 is 0 Å². The number of carbonyl (C=O) groups is 1. The minimum Gasteiger partial charge on any atom is -0.462 e. The average Bonchev–Trinajstić information content (AvgIpc) is 2.38. The Morgan fingerprint density at radius 2 is 1.84 bits per heavy atom. The molecule has 2 N–H and O–H groups in total. The van der Waals surface area contributed by atoms with Gasteiger partial charge in [0.05, 0.1) is 17.6 Å². The highest BCUT2D eigenvalue weighted by molar-refractivity contribution is 5.77. The van der Waals surface area contributed by atoms with Crippen LogP contribution in [0.2, 0.25) is 0 Å². The molecule has 2 saturated heterocycles. The average molecular weight is 271 g/mol. The normalized spacial score (nSPS) is 34.8. The molecule has 0 saturated carbocycles. The number of hydrogen-bond donors (Lipinski definition) is 1. The third-order valence-corrected chi connectivity index (χ3v) is 4.20. The molecule has 0 aromatic carbocycles. The van der Waals surface area contributed by atoms with Crippen molar-refractivity contribution in [1.82, 2.24) is 0 Å². The van der Waals surface area contributed by atoms with Crippen LogP contribution in [0.4, 0.5) is 0 Å². The summed E-state index contributed by atoms with van der Waals surface area (Å²) < 4.78 is 16.7. The lowest BCUT2D eigenvalue weighted by Crippen LogP contribution is -2.46. The molecule has 2 heterocycles. The lowest BCUT2D eigenvalue weighted by atomic mass is 9.80. The molecule has 2 unspecified atom stereocenters. The molecule has 0 aromatic rings. The largest absolute Gasteiger partial charge is 0.462 e. The Balaban J connectivity index is 1.95. The third-order valence-electron chi connectivity index (χ3n) is 4.20. The SMILES string of the molecule is CC1CC(OC(=O)C2(CN)CCOCC2)CC(C)O1. The molecule has 110 valence electrons. The summed E-state index contributed by atoms with van der Waals surface area (Å²) >= 11 is 0. The monoisotopic (exact) mass is 271 g/mol. The molecule has 0 aliphatic carbocycles. The molecule has 0 bridgehead atoms. The third kappa shape index (κ3) is 3.46. The van der Waals surface area contributed by atoms with Gasteiger partial charge in [-0.3, -0.25) is 4.79 Å². The van der Waals surface area contributed by atoms with Crippen molar-refractivity contribution in [2.24, 2.45) is 11.1 Å². The molecule has 0 radical (unpaired) electrons. The van der Waals surface area contributed by atoms with E-state index in [0.29, 0.717) is 32.6 Å². The summed E-state index contributed by atoms with van der Waals surface area (Å²) in [6.07, 6.45) is 3.11. The summed E-state index contributed by atoms with van der Waals surface area (Å²) in [6.45, 7) is 5.55. The van der Waals surface area contributed by atoms with Gasteiger partial charge in [0.15, 0.2) is 0 Å². The van der Waals surface area contributed by atoms with Crippen molar-refractivity contribution in [1.29, 1.82) is 0 Å². The molecule has 0 amide bonds. The summed E-state index contributed by atoms with van der Waals surface area (Å²) in [5, 5.41) is 0. The highest BCUT2D eigenvalue weighted by Gasteiger charge is 2.42. The van der Waals surface area contributed by atoms with E-state index in [0.717, 1.165) is 12.8 Å². The zero-order valence-electron chi connectivity index (χ0n) is 11.9. The number of ether oxygens (including phenoxy) is 3. The number of hydrogen-bond acceptors (Lipinski definition) is 5. The molecule has 2 aliphatic rings. The van der Waals surface area contributed by atoms with Gasteiger partial charge in [0.2, 0.25) is 0 Å². The maximum Gasteiger partial charge on any atom is 0.313 e. The van der Waals surface area contributed by atoms with Crippen LogP contribution in [0.25, 0.3) is 0 Å². The summed E-state index contributed by atoms with van der Waals surface area (Å²) in [5.74, 6) is -0.149. The summed E-state index contributed by atoms with van der Waals surface area (Å²) in [5.41, 5.74) is 5.28. The fourth-order valence-electron chi connectivity index (χ4n) is 2.97. The van der Waals surface area contributed by atoms with Crippen LogP contribution in [-0.2, 0) is 19.0 Å². The van der Waals surface area contributed by atoms with E-state index in [1.165, 1.54) is 0 Å². The summed E-state index contributed by atoms with van der Waals surface area (Å²) in [6, 6.07) is 0. The number of esters is 1. The van der Waals surface area contributed by atoms with Gasteiger partial charge in [0, 0.05) is 32.6 Å². The lowest BCUT2D eigenvalue weighted by Gasteiger charge is -2.37. The molecule has 19 heavy (non-hydrogen) atoms. The fraction of sp³-hybridized carbons (Fsp3) is 0.929. The minimum atomic E-state index is -0.539. The van der Waals surface area contributed by atoms with Gasteiger partial charge < -0.3 is 19.9 Å². The fourth-order valence-corrected chi connectivity index (χ4v) is 2.97. The van der Waals surface area contributed by atoms with Gasteiger partial charge in [-0.1, -0.05) is 0 Å². The molecular weight excluding hydrogens is 246 g/mol. The van der Waals surface area contributed by atoms with Gasteiger partial charge in [-0.05, 0) is 26.7 Å². The highest BCUT2D eigenvalue weighted by atomic mass is 16.6. The van der Waals surface area contributed by atoms with Crippen LogP contribution >= 0.6 is 0 Å². The minimum absolute atomic E-state index is 0.0440. The van der Waals surface area contributed by atoms with Crippen molar-refractivity contribution in [3.8, 4) is 0 Å². The zero-order valence-corrected chi connectivity index (χ0v) is 11.9. The first-order valence-electron chi connectivity index (χ1n) is 7.20. The predicted molar refractivity (Wildman–Crippen MR) is 70.7 cm³/mol. The van der Waals surface area contributed by atoms with Gasteiger partial charge in [0.25, 0.3) is 0 Å². The van der Waals surface area contributed by atoms with E-state index in [1.807, 2.05) is 13.8 Å². The first-order valence-corrected chi connectivity index (χ1v) is 7.20. The van der Waals surface area contributed by atoms with Crippen LogP contribution in [0.3, 0.4) is 0 Å². The van der Waals surface area contributed by atoms with Crippen molar-refractivity contribution in [3.63, 3.8) is 0 Å². The second-order valence-corrected chi connectivity index (χ2v) is 5.85. The lowest BCUT2D eigenvalue weighted by molar-refractivity contribution is -0.176. The van der Waals surface area contributed by atoms with E-state index < -0.39 is 5.41 Å². The molecule has 2 fully saturated rings. The van der Waals surface area contributed by atoms with Crippen LogP contribution in [0.5, 0.6) is 0 Å². The molecule has 0 spiro atoms. The molecule has 5 nitrogen and oxygen atoms in total. The van der Waals surface area contributed by atoms with E-state index in [9.17, 15) is 4.79 Å². The Hall–Kier alpha value is -0.650. The van der Waals surface area contributed by atoms with Crippen LogP contribution in [0.15, 0.2) is 0 Å². The maximum atomic E-state index is 12.4. The van der Waals surface area contributed by atoms with Crippen molar-refractivity contribution in [2.45, 2.75) is 57.8 Å². The Kier molecular flexibility index (Phi) is 4.81. The standard InChI is InChI=1S/C14H25NO4/c1-10-7-12(8-11(2)18-10)19-13(16)14(9-15)3-5-17-6-4-14/h10-12H,3-9,15H2,1-2H3. The van der Waals surface area contributed by atoms with Gasteiger partial charge in [-0.15, -0.1) is 0 Å². The quantitative estimate of drug-likeness (QED) is 0.782. The van der Waals surface area contributed by atoms with Gasteiger partial charge >= 0.3 is 5.97 Å². The van der Waals surface area contributed by atoms with Crippen molar-refractivity contribution in [2.75, 3.05) is 19.8 Å². The first kappa shape index (κ1) is 14.8. The van der Waals surface area contributed by atoms with Crippen LogP contribution in [-0.4, -0.2) is 44.0 Å². The Labute approximate surface area is 114 Å². The summed E-state index contributed by atoms with van der Waals surface area (Å²) in [4.78, 5) is 12.4. The van der Waals surface area contributed by atoms with E-state index in [1.54, 1.807) is 0 Å². The Morgan fingerprint density at radius 1 is 1.26 bits per heavy atom. The van der Waals surface area contributed by atoms with Crippen LogP contribution in [0, 0.1) is 5.41 Å². The highest BCUT2D eigenvalue weighted by Crippen LogP contribution is 2.33. The Bertz CT molecular complexity index is 305. The topological polar surface area (TPSA) is 70.8 Å². The molecule has 2 atom stereocenters. The number of rotatable bonds is 3. The molecule has 0 aromatic heterocycles. The van der Waals surface area contributed by atoms with Gasteiger partial charge in [-0.25, -0.2) is 0 Å². The van der Waals surface area contributed by atoms with Gasteiger partial charge in [0.1, 0.15) is 6.10 Å². The second-order valence-electron chi connectivity index (χ2n) is 5.85. The van der Waals surface area contributed by atoms with Crippen molar-refractivity contribution < 1.29 is 19.0 Å². The second kappa shape index (κ2) is 6.20. The van der Waals surface area contributed by atoms with Crippen LogP contribution in [0.1, 0.15) is 39.5 Å². The number of nitrogens with two attached hydrogens (primary N) is 1. The summed E-state index contributed by atoms with van der Waals surface area (Å²) in [7, 11) is 0. The van der Waals surface area contributed by atoms with E-state index in [4.69, 9.17) is 19.9 Å². The van der Waals surface area contributed by atoms with Crippen molar-refractivity contribution >= 4 is 5.97 Å². The van der Waals surface area contributed by atoms with Crippen molar-refractivity contribution in [3.05, 3.63) is 0 Å². The smallest absolute Gasteiger partial charge is 0.313 e. The zero-order chi connectivity index (χ0) is 13.9. The van der Waals surface area contributed by atoms with E-state index in [2.05, 4.69) is 0 Å². The molecule has 2 aliphatic heterocycles. The first-order chi connectivity index (χ1) is 9.05. The Morgan fingerprint density at radius 3 is 2.37 bits per heavy atom. The van der Waals surface area contributed by atoms with Gasteiger partial charge in [-0.2, -0.15) is 0 Å². The molecular formula is C14H25NO4. The maximum absolute atomic E-state index is 12.4.